The summed E-state index contributed by atoms with van der Waals surface area (Å²) in [5.41, 5.74) is 5.11. The first-order chi connectivity index (χ1) is 24.5. The Kier molecular flexibility index (Phi) is 287. The van der Waals surface area contributed by atoms with Gasteiger partial charge < -0.3 is 16.2 Å². The molecular formula is C54H144N2O. The zero-order valence-corrected chi connectivity index (χ0v) is 46.5. The second-order valence-corrected chi connectivity index (χ2v) is 17.0. The number of nitrogens with one attached hydrogen (secondary N) is 1. The van der Waals surface area contributed by atoms with Crippen LogP contribution in [0.2, 0.25) is 0 Å². The summed E-state index contributed by atoms with van der Waals surface area (Å²) in [5.74, 6) is 3.42. The van der Waals surface area contributed by atoms with Crippen LogP contribution in [0.25, 0.3) is 0 Å². The Hall–Kier alpha value is -0.120. The monoisotopic (exact) mass is 837 g/mol. The molecule has 0 saturated heterocycles. The number of hydrogen-bond acceptors (Lipinski definition) is 3. The van der Waals surface area contributed by atoms with E-state index in [1.807, 2.05) is 13.8 Å². The molecule has 0 aromatic heterocycles. The SMILES string of the molecule is C.C.C.CC(C)C.CC(C)C.CC(C)CC(C)C.CC(C)N.CC(C)NC(C)C.CC(C)O.CCC.CCC.CCC.CCC.CCC.CCC.CCC.CCC. The van der Waals surface area contributed by atoms with Gasteiger partial charge in [-0.25, -0.2) is 0 Å². The quantitative estimate of drug-likeness (QED) is 0.264. The van der Waals surface area contributed by atoms with Crippen molar-refractivity contribution < 1.29 is 5.11 Å². The molecule has 0 heterocycles. The molecule has 0 atom stereocenters. The van der Waals surface area contributed by atoms with Crippen LogP contribution in [0, 0.1) is 23.7 Å². The predicted molar refractivity (Wildman–Crippen MR) is 293 cm³/mol. The highest BCUT2D eigenvalue weighted by atomic mass is 16.3. The van der Waals surface area contributed by atoms with E-state index in [4.69, 9.17) is 10.8 Å². The molecule has 0 unspecified atom stereocenters. The summed E-state index contributed by atoms with van der Waals surface area (Å²) in [5, 5.41) is 11.4. The standard InChI is InChI=1S/C7H16.C6H15N.2C4H10.C3H9N.C3H8O.8C3H8.3CH4/c1-6(2)5-7(3)4;1-5(2)7-6(3)4;2*1-4(2)3;2*1-3(2)4;8*1-3-2;;;/h6-7H,5H2,1-4H3;5-7H,1-4H3;2*4H,1-3H3;3H,4H2,1-2H3;3-4H,1-2H3;8*3H2,1-2H3;3*1H4. The van der Waals surface area contributed by atoms with Gasteiger partial charge in [-0.2, -0.15) is 0 Å². The van der Waals surface area contributed by atoms with Crippen LogP contribution in [0.4, 0.5) is 0 Å². The van der Waals surface area contributed by atoms with Crippen molar-refractivity contribution in [1.29, 1.82) is 0 Å². The van der Waals surface area contributed by atoms with E-state index in [9.17, 15) is 0 Å². The molecule has 0 aromatic carbocycles. The molecule has 0 saturated carbocycles. The zero-order valence-electron chi connectivity index (χ0n) is 46.5. The average Bonchev–Trinajstić information content (AvgIpc) is 2.90. The van der Waals surface area contributed by atoms with Crippen LogP contribution in [0.15, 0.2) is 0 Å². The van der Waals surface area contributed by atoms with Crippen LogP contribution in [-0.4, -0.2) is 29.3 Å². The van der Waals surface area contributed by atoms with E-state index < -0.39 is 0 Å². The second-order valence-electron chi connectivity index (χ2n) is 17.0. The van der Waals surface area contributed by atoms with E-state index in [2.05, 4.69) is 213 Å². The third-order valence-electron chi connectivity index (χ3n) is 1.61. The highest BCUT2D eigenvalue weighted by Crippen LogP contribution is 2.08. The Morgan fingerprint density at radius 2 is 0.404 bits per heavy atom. The molecule has 0 aliphatic carbocycles. The molecule has 0 amide bonds. The minimum absolute atomic E-state index is 0. The Morgan fingerprint density at radius 1 is 0.333 bits per heavy atom. The fourth-order valence-electron chi connectivity index (χ4n) is 1.61. The van der Waals surface area contributed by atoms with E-state index >= 15 is 0 Å². The van der Waals surface area contributed by atoms with Crippen molar-refractivity contribution >= 4 is 0 Å². The first-order valence-electron chi connectivity index (χ1n) is 23.7. The number of rotatable bonds is 4. The molecule has 0 fully saturated rings. The fraction of sp³-hybridized carbons (Fsp3) is 1.00. The van der Waals surface area contributed by atoms with E-state index in [1.165, 1.54) is 57.8 Å². The van der Waals surface area contributed by atoms with Crippen molar-refractivity contribution in [1.82, 2.24) is 5.32 Å². The van der Waals surface area contributed by atoms with Crippen LogP contribution in [0.3, 0.4) is 0 Å². The summed E-state index contributed by atoms with van der Waals surface area (Å²) in [6, 6.07) is 1.58. The summed E-state index contributed by atoms with van der Waals surface area (Å²) in [6.07, 6.45) is 11.2. The van der Waals surface area contributed by atoms with Crippen LogP contribution >= 0.6 is 0 Å². The van der Waals surface area contributed by atoms with Gasteiger partial charge in [-0.1, -0.05) is 295 Å². The molecule has 0 aliphatic heterocycles. The topological polar surface area (TPSA) is 58.3 Å². The van der Waals surface area contributed by atoms with Crippen LogP contribution in [-0.2, 0) is 0 Å². The molecule has 57 heavy (non-hydrogen) atoms. The van der Waals surface area contributed by atoms with Crippen molar-refractivity contribution in [2.45, 2.75) is 340 Å². The van der Waals surface area contributed by atoms with Gasteiger partial charge in [0.15, 0.2) is 0 Å². The molecule has 376 valence electrons. The summed E-state index contributed by atoms with van der Waals surface area (Å²) in [6.45, 7) is 72.0. The fourth-order valence-corrected chi connectivity index (χ4v) is 1.61. The van der Waals surface area contributed by atoms with E-state index in [-0.39, 0.29) is 28.4 Å². The van der Waals surface area contributed by atoms with Crippen molar-refractivity contribution in [3.63, 3.8) is 0 Å². The lowest BCUT2D eigenvalue weighted by molar-refractivity contribution is 0.216. The minimum atomic E-state index is -0.167. The number of nitrogens with two attached hydrogens (primary N) is 1. The predicted octanol–water partition coefficient (Wildman–Crippen LogP) is 21.4. The lowest BCUT2D eigenvalue weighted by atomic mass is 10.0. The summed E-state index contributed by atoms with van der Waals surface area (Å²) in [4.78, 5) is 0. The highest BCUT2D eigenvalue weighted by Gasteiger charge is 1.95. The van der Waals surface area contributed by atoms with Crippen LogP contribution in [0.1, 0.15) is 315 Å². The van der Waals surface area contributed by atoms with Gasteiger partial charge in [0.25, 0.3) is 0 Å². The highest BCUT2D eigenvalue weighted by molar-refractivity contribution is 4.55. The zero-order chi connectivity index (χ0) is 47.7. The molecular weight excluding hydrogens is 693 g/mol. The largest absolute Gasteiger partial charge is 0.394 e. The van der Waals surface area contributed by atoms with Crippen LogP contribution < -0.4 is 11.1 Å². The van der Waals surface area contributed by atoms with Gasteiger partial charge >= 0.3 is 0 Å². The normalized spacial score (nSPS) is 7.79. The maximum absolute atomic E-state index is 8.06. The molecule has 0 rings (SSSR count). The third kappa shape index (κ3) is 2610. The Bertz CT molecular complexity index is 265. The van der Waals surface area contributed by atoms with Crippen LogP contribution in [0.5, 0.6) is 0 Å². The molecule has 4 N–H and O–H groups in total. The summed E-state index contributed by atoms with van der Waals surface area (Å²) >= 11 is 0. The Morgan fingerprint density at radius 3 is 0.404 bits per heavy atom. The van der Waals surface area contributed by atoms with Crippen molar-refractivity contribution in [3.05, 3.63) is 0 Å². The van der Waals surface area contributed by atoms with Gasteiger partial charge in [-0.15, -0.1) is 0 Å². The maximum Gasteiger partial charge on any atom is 0.0483 e. The van der Waals surface area contributed by atoms with Gasteiger partial charge in [-0.05, 0) is 50.0 Å². The Balaban J connectivity index is -0.0000000203. The van der Waals surface area contributed by atoms with Crippen molar-refractivity contribution in [2.75, 3.05) is 0 Å². The van der Waals surface area contributed by atoms with Gasteiger partial charge in [0.1, 0.15) is 0 Å². The van der Waals surface area contributed by atoms with E-state index in [0.717, 1.165) is 23.7 Å². The van der Waals surface area contributed by atoms with E-state index in [0.29, 0.717) is 18.1 Å². The minimum Gasteiger partial charge on any atom is -0.394 e. The average molecular weight is 838 g/mol. The van der Waals surface area contributed by atoms with Gasteiger partial charge in [-0.3, -0.25) is 0 Å². The molecule has 0 radical (unpaired) electrons. The first-order valence-corrected chi connectivity index (χ1v) is 23.7. The second kappa shape index (κ2) is 147. The molecule has 0 bridgehead atoms. The Labute approximate surface area is 378 Å². The van der Waals surface area contributed by atoms with Gasteiger partial charge in [0.2, 0.25) is 0 Å². The first kappa shape index (κ1) is 112. The molecule has 3 nitrogen and oxygen atoms in total. The van der Waals surface area contributed by atoms with Crippen molar-refractivity contribution in [2.24, 2.45) is 29.4 Å². The lowest BCUT2D eigenvalue weighted by Crippen LogP contribution is -2.29. The van der Waals surface area contributed by atoms with Gasteiger partial charge in [0, 0.05) is 18.2 Å². The number of hydrogen-bond donors (Lipinski definition) is 3. The smallest absolute Gasteiger partial charge is 0.0483 e. The summed E-state index contributed by atoms with van der Waals surface area (Å²) < 4.78 is 0. The van der Waals surface area contributed by atoms with Crippen molar-refractivity contribution in [3.8, 4) is 0 Å². The maximum atomic E-state index is 8.06. The number of aliphatic hydroxyl groups excluding tert-OH is 1. The molecule has 3 heteroatoms. The third-order valence-corrected chi connectivity index (χ3v) is 1.61. The van der Waals surface area contributed by atoms with Gasteiger partial charge in [0.05, 0.1) is 0 Å². The van der Waals surface area contributed by atoms with E-state index in [1.54, 1.807) is 13.8 Å². The summed E-state index contributed by atoms with van der Waals surface area (Å²) in [7, 11) is 0. The number of aliphatic hydroxyl groups is 1. The lowest BCUT2D eigenvalue weighted by Gasteiger charge is -2.10. The molecule has 0 aliphatic rings. The molecule has 0 aromatic rings. The molecule has 0 spiro atoms.